The number of esters is 1. The van der Waals surface area contributed by atoms with Gasteiger partial charge in [-0.05, 0) is 25.7 Å². The maximum atomic E-state index is 12.2. The molecule has 258 valence electrons. The number of aryl methyl sites for hydroxylation is 4. The summed E-state index contributed by atoms with van der Waals surface area (Å²) in [5.41, 5.74) is 15.2. The van der Waals surface area contributed by atoms with Crippen LogP contribution in [-0.2, 0) is 31.7 Å². The topological polar surface area (TPSA) is 262 Å². The summed E-state index contributed by atoms with van der Waals surface area (Å²) >= 11 is 1.13. The third-order valence-corrected chi connectivity index (χ3v) is 8.26. The number of carbonyl (C=O) groups excluding carboxylic acids is 2. The molecular formula is C28H36N16O4S. The van der Waals surface area contributed by atoms with Crippen molar-refractivity contribution in [1.29, 1.82) is 0 Å². The number of nitrogens with zero attached hydrogens (tertiary/aromatic N) is 14. The number of aromatic nitrogens is 10. The minimum absolute atomic E-state index is 0.127. The lowest BCUT2D eigenvalue weighted by atomic mass is 10.2. The molecule has 5 heterocycles. The second-order valence-electron chi connectivity index (χ2n) is 10.7. The van der Waals surface area contributed by atoms with E-state index in [1.165, 1.54) is 38.2 Å². The van der Waals surface area contributed by atoms with Crippen molar-refractivity contribution in [3.8, 4) is 10.3 Å². The summed E-state index contributed by atoms with van der Waals surface area (Å²) in [6.45, 7) is 3.41. The minimum Gasteiger partial charge on any atom is -0.465 e. The van der Waals surface area contributed by atoms with E-state index >= 15 is 0 Å². The maximum Gasteiger partial charge on any atom is 0.343 e. The Labute approximate surface area is 283 Å². The predicted octanol–water partition coefficient (Wildman–Crippen LogP) is 4.02. The fourth-order valence-electron chi connectivity index (χ4n) is 4.68. The van der Waals surface area contributed by atoms with Crippen molar-refractivity contribution in [1.82, 2.24) is 49.3 Å². The molecule has 0 fully saturated rings. The highest BCUT2D eigenvalue weighted by molar-refractivity contribution is 7.16. The first-order valence-electron chi connectivity index (χ1n) is 15.3. The summed E-state index contributed by atoms with van der Waals surface area (Å²) in [6.07, 6.45) is 7.20. The molecule has 0 amide bonds. The zero-order valence-electron chi connectivity index (χ0n) is 27.6. The number of Topliss-reactive ketones (excluding diaryl/α,β-unsaturated/α-hetero) is 1. The molecule has 5 aromatic heterocycles. The summed E-state index contributed by atoms with van der Waals surface area (Å²) in [5.74, 6) is -0.468. The number of rotatable bonds is 15. The van der Waals surface area contributed by atoms with Gasteiger partial charge in [-0.15, -0.1) is 30.7 Å². The summed E-state index contributed by atoms with van der Waals surface area (Å²) < 4.78 is 10.4. The number of hydrogen-bond donors (Lipinski definition) is 3. The van der Waals surface area contributed by atoms with Gasteiger partial charge in [0.2, 0.25) is 10.3 Å². The second kappa shape index (κ2) is 15.0. The number of anilines is 2. The summed E-state index contributed by atoms with van der Waals surface area (Å²) in [6, 6.07) is 0. The van der Waals surface area contributed by atoms with Crippen LogP contribution in [0.2, 0.25) is 0 Å². The Hall–Kier alpha value is -5.70. The molecule has 0 bridgehead atoms. The first kappa shape index (κ1) is 34.6. The van der Waals surface area contributed by atoms with E-state index in [0.717, 1.165) is 37.0 Å². The molecule has 0 aromatic carbocycles. The van der Waals surface area contributed by atoms with Crippen LogP contribution in [0.4, 0.5) is 34.6 Å². The monoisotopic (exact) mass is 692 g/mol. The van der Waals surface area contributed by atoms with E-state index in [4.69, 9.17) is 16.2 Å². The first-order chi connectivity index (χ1) is 23.6. The van der Waals surface area contributed by atoms with E-state index < -0.39 is 18.4 Å². The van der Waals surface area contributed by atoms with Gasteiger partial charge in [-0.1, -0.05) is 38.0 Å². The van der Waals surface area contributed by atoms with Crippen LogP contribution in [-0.4, -0.2) is 79.9 Å². The quantitative estimate of drug-likeness (QED) is 0.0798. The van der Waals surface area contributed by atoms with Crippen LogP contribution >= 0.6 is 11.3 Å². The van der Waals surface area contributed by atoms with Crippen LogP contribution in [0.5, 0.6) is 0 Å². The van der Waals surface area contributed by atoms with Crippen molar-refractivity contribution in [3.05, 3.63) is 34.9 Å². The Morgan fingerprint density at radius 1 is 0.816 bits per heavy atom. The van der Waals surface area contributed by atoms with Crippen molar-refractivity contribution in [2.24, 2.45) is 34.6 Å². The Morgan fingerprint density at radius 2 is 1.29 bits per heavy atom. The van der Waals surface area contributed by atoms with Crippen LogP contribution in [0.15, 0.2) is 32.9 Å². The number of ketones is 1. The molecule has 20 nitrogen and oxygen atoms in total. The van der Waals surface area contributed by atoms with Gasteiger partial charge in [0.05, 0.1) is 36.5 Å². The van der Waals surface area contributed by atoms with Crippen LogP contribution in [0.1, 0.15) is 71.6 Å². The van der Waals surface area contributed by atoms with Gasteiger partial charge in [-0.25, -0.2) is 14.2 Å². The van der Waals surface area contributed by atoms with E-state index in [2.05, 4.69) is 58.0 Å². The normalized spacial score (nSPS) is 11.8. The molecule has 0 saturated heterocycles. The average Bonchev–Trinajstić information content (AvgIpc) is 3.92. The van der Waals surface area contributed by atoms with Crippen LogP contribution in [0.25, 0.3) is 10.3 Å². The summed E-state index contributed by atoms with van der Waals surface area (Å²) in [4.78, 5) is 24.4. The molecule has 0 aliphatic heterocycles. The van der Waals surface area contributed by atoms with Gasteiger partial charge < -0.3 is 21.3 Å². The largest absolute Gasteiger partial charge is 0.465 e. The SMILES string of the molecule is CCCCc1nn(-c2nnc(-n3nc(CCCC)c(N=Nc4c(C(=O)OC)cnn4C)c3N)s2)c(N)c1N=Nc1c(C(=O)CO)cnn1C. The summed E-state index contributed by atoms with van der Waals surface area (Å²) in [7, 11) is 4.51. The zero-order chi connectivity index (χ0) is 35.2. The van der Waals surface area contributed by atoms with Crippen molar-refractivity contribution < 1.29 is 19.4 Å². The average molecular weight is 693 g/mol. The number of aliphatic hydroxyl groups excluding tert-OH is 1. The number of methoxy groups -OCH3 is 1. The van der Waals surface area contributed by atoms with Gasteiger partial charge in [0, 0.05) is 14.1 Å². The van der Waals surface area contributed by atoms with E-state index in [0.29, 0.717) is 45.9 Å². The number of carbonyl (C=O) groups is 2. The molecule has 0 aliphatic rings. The lowest BCUT2D eigenvalue weighted by Crippen LogP contribution is -2.03. The van der Waals surface area contributed by atoms with Crippen LogP contribution in [0.3, 0.4) is 0 Å². The highest BCUT2D eigenvalue weighted by atomic mass is 32.1. The third kappa shape index (κ3) is 6.97. The Kier molecular flexibility index (Phi) is 10.6. The van der Waals surface area contributed by atoms with Crippen molar-refractivity contribution >= 4 is 57.7 Å². The fraction of sp³-hybridized carbons (Fsp3) is 0.429. The molecule has 0 aliphatic carbocycles. The van der Waals surface area contributed by atoms with E-state index in [1.54, 1.807) is 14.1 Å². The van der Waals surface area contributed by atoms with Crippen LogP contribution in [0, 0.1) is 0 Å². The van der Waals surface area contributed by atoms with Gasteiger partial charge in [0.1, 0.15) is 12.2 Å². The van der Waals surface area contributed by atoms with E-state index in [9.17, 15) is 14.7 Å². The van der Waals surface area contributed by atoms with Crippen molar-refractivity contribution in [3.63, 3.8) is 0 Å². The molecule has 5 rings (SSSR count). The second-order valence-corrected chi connectivity index (χ2v) is 11.7. The number of unbranched alkanes of at least 4 members (excludes halogenated alkanes) is 2. The molecule has 0 spiro atoms. The number of ether oxygens (including phenoxy) is 1. The van der Waals surface area contributed by atoms with E-state index in [-0.39, 0.29) is 34.4 Å². The standard InChI is InChI=1S/C28H36N16O4S/c1-6-8-10-17-20(33-35-24-15(19(46)14-45)12-31-41(24)3)22(29)43(39-17)27-37-38-28(49-27)44-23(30)21(18(40-44)11-9-7-2)34-36-25-16(26(47)48-5)13-32-42(25)4/h12-13,45H,6-11,14,29-30H2,1-5H3. The Balaban J connectivity index is 1.52. The zero-order valence-corrected chi connectivity index (χ0v) is 28.4. The maximum absolute atomic E-state index is 12.2. The number of hydrogen-bond acceptors (Lipinski definition) is 17. The lowest BCUT2D eigenvalue weighted by Gasteiger charge is -2.00. The van der Waals surface area contributed by atoms with Gasteiger partial charge in [0.25, 0.3) is 0 Å². The number of azo groups is 2. The molecule has 49 heavy (non-hydrogen) atoms. The van der Waals surface area contributed by atoms with Gasteiger partial charge in [-0.2, -0.15) is 29.8 Å². The Morgan fingerprint density at radius 3 is 1.73 bits per heavy atom. The van der Waals surface area contributed by atoms with Crippen molar-refractivity contribution in [2.45, 2.75) is 52.4 Å². The molecule has 0 unspecified atom stereocenters. The smallest absolute Gasteiger partial charge is 0.343 e. The molecule has 0 saturated carbocycles. The molecule has 5 N–H and O–H groups in total. The number of aliphatic hydroxyl groups is 1. The number of nitrogen functional groups attached to an aromatic ring is 2. The number of nitrogens with two attached hydrogens (primary N) is 2. The first-order valence-corrected chi connectivity index (χ1v) is 16.1. The molecule has 5 aromatic rings. The van der Waals surface area contributed by atoms with Gasteiger partial charge in [0.15, 0.2) is 40.4 Å². The highest BCUT2D eigenvalue weighted by Crippen LogP contribution is 2.36. The molecule has 0 radical (unpaired) electrons. The fourth-order valence-corrected chi connectivity index (χ4v) is 5.46. The molecular weight excluding hydrogens is 656 g/mol. The highest BCUT2D eigenvalue weighted by Gasteiger charge is 2.24. The lowest BCUT2D eigenvalue weighted by molar-refractivity contribution is 0.0601. The third-order valence-electron chi connectivity index (χ3n) is 7.38. The Bertz CT molecular complexity index is 1890. The minimum atomic E-state index is -0.693. The van der Waals surface area contributed by atoms with Gasteiger partial charge in [-0.3, -0.25) is 4.79 Å². The molecule has 21 heteroatoms. The van der Waals surface area contributed by atoms with Crippen LogP contribution < -0.4 is 11.5 Å². The van der Waals surface area contributed by atoms with Crippen molar-refractivity contribution in [2.75, 3.05) is 25.2 Å². The predicted molar refractivity (Wildman–Crippen MR) is 178 cm³/mol. The summed E-state index contributed by atoms with van der Waals surface area (Å²) in [5, 5.41) is 53.4. The molecule has 0 atom stereocenters. The van der Waals surface area contributed by atoms with Gasteiger partial charge >= 0.3 is 5.97 Å². The van der Waals surface area contributed by atoms with E-state index in [1.807, 2.05) is 6.92 Å².